The number of hydrogen-bond donors (Lipinski definition) is 2. The van der Waals surface area contributed by atoms with Gasteiger partial charge in [-0.1, -0.05) is 23.8 Å². The first-order valence-corrected chi connectivity index (χ1v) is 16.2. The Hall–Kier alpha value is -4.62. The monoisotopic (exact) mass is 732 g/mol. The van der Waals surface area contributed by atoms with Crippen LogP contribution in [0.25, 0.3) is 0 Å². The number of nitrogens with zero attached hydrogens (tertiary/aromatic N) is 2. The third kappa shape index (κ3) is 5.12. The van der Waals surface area contributed by atoms with Gasteiger partial charge in [-0.25, -0.2) is 9.29 Å². The van der Waals surface area contributed by atoms with E-state index in [0.717, 1.165) is 52.9 Å². The number of halogens is 6. The van der Waals surface area contributed by atoms with Gasteiger partial charge in [0.2, 0.25) is 11.8 Å². The minimum absolute atomic E-state index is 0.000237. The number of imide groups is 2. The number of amides is 4. The smallest absolute Gasteiger partial charge is 0.508 e. The Balaban J connectivity index is 1.34. The van der Waals surface area contributed by atoms with Crippen LogP contribution >= 0.6 is 23.2 Å². The Morgan fingerprint density at radius 1 is 0.880 bits per heavy atom. The topological polar surface area (TPSA) is 124 Å². The van der Waals surface area contributed by atoms with Crippen molar-refractivity contribution in [3.05, 3.63) is 95.3 Å². The molecule has 15 heteroatoms. The maximum absolute atomic E-state index is 14.4. The number of carbonyl (C=O) groups is 4. The average molecular weight is 733 g/mol. The Morgan fingerprint density at radius 3 is 2.22 bits per heavy atom. The molecule has 0 spiro atoms. The molecule has 2 aliphatic carbocycles. The van der Waals surface area contributed by atoms with Crippen molar-refractivity contribution in [2.24, 2.45) is 17.8 Å². The molecule has 3 aromatic carbocycles. The molecule has 4 amide bonds. The molecule has 2 aliphatic heterocycles. The molecule has 2 heterocycles. The maximum atomic E-state index is 14.4. The molecule has 7 rings (SSSR count). The second-order valence-electron chi connectivity index (χ2n) is 12.8. The number of aromatic hydroxyl groups is 2. The van der Waals surface area contributed by atoms with Gasteiger partial charge < -0.3 is 14.9 Å². The fourth-order valence-electron chi connectivity index (χ4n) is 7.89. The summed E-state index contributed by atoms with van der Waals surface area (Å²) >= 11 is 14.5. The number of benzene rings is 3. The predicted octanol–water partition coefficient (Wildman–Crippen LogP) is 5.94. The van der Waals surface area contributed by atoms with Crippen LogP contribution in [-0.4, -0.2) is 61.4 Å². The number of phenols is 2. The molecule has 9 nitrogen and oxygen atoms in total. The summed E-state index contributed by atoms with van der Waals surface area (Å²) in [6, 6.07) is 13.2. The highest BCUT2D eigenvalue weighted by Crippen LogP contribution is 2.66. The number of likely N-dealkylation sites (tertiary alicyclic amines) is 1. The van der Waals surface area contributed by atoms with Crippen molar-refractivity contribution < 1.29 is 51.7 Å². The number of allylic oxidation sites excluding steroid dienone is 2. The Morgan fingerprint density at radius 2 is 1.56 bits per heavy atom. The first-order chi connectivity index (χ1) is 23.5. The van der Waals surface area contributed by atoms with E-state index in [2.05, 4.69) is 4.74 Å². The summed E-state index contributed by atoms with van der Waals surface area (Å²) in [6.45, 7) is -0.000237. The molecule has 260 valence electrons. The molecule has 0 aromatic heterocycles. The van der Waals surface area contributed by atoms with Gasteiger partial charge in [-0.2, -0.15) is 0 Å². The lowest BCUT2D eigenvalue weighted by Crippen LogP contribution is -2.60. The standard InChI is InChI=1S/C35H26Cl2F4N2O7/c36-33-16-25-22(10-11-23-27(25)30(47)42(29(23)46)14-13-17-1-7-20(44)8-2-17)28(24-15-21(9-12-26(24)45)50-35(39,40)41)34(33,37)32(49)43(31(33)48)19-5-3-18(38)4-6-19/h1-10,12,15,23,25,27-28,44-45H,11,13-14,16H2. The highest BCUT2D eigenvalue weighted by Gasteiger charge is 2.77. The van der Waals surface area contributed by atoms with E-state index in [1.807, 2.05) is 0 Å². The van der Waals surface area contributed by atoms with E-state index < -0.39 is 87.1 Å². The molecule has 0 bridgehead atoms. The lowest BCUT2D eigenvalue weighted by Gasteiger charge is -2.50. The van der Waals surface area contributed by atoms with Gasteiger partial charge in [0, 0.05) is 18.0 Å². The van der Waals surface area contributed by atoms with Crippen molar-refractivity contribution in [3.8, 4) is 17.2 Å². The molecule has 3 aromatic rings. The van der Waals surface area contributed by atoms with Crippen LogP contribution in [-0.2, 0) is 25.6 Å². The molecule has 6 unspecified atom stereocenters. The zero-order chi connectivity index (χ0) is 35.9. The van der Waals surface area contributed by atoms with Gasteiger partial charge in [-0.05, 0) is 85.3 Å². The summed E-state index contributed by atoms with van der Waals surface area (Å²) in [5.74, 6) is -9.70. The van der Waals surface area contributed by atoms with E-state index >= 15 is 0 Å². The van der Waals surface area contributed by atoms with Gasteiger partial charge >= 0.3 is 6.36 Å². The molecule has 50 heavy (non-hydrogen) atoms. The largest absolute Gasteiger partial charge is 0.573 e. The van der Waals surface area contributed by atoms with Crippen LogP contribution in [0.3, 0.4) is 0 Å². The molecule has 2 N–H and O–H groups in total. The van der Waals surface area contributed by atoms with Gasteiger partial charge in [-0.15, -0.1) is 36.4 Å². The zero-order valence-electron chi connectivity index (χ0n) is 25.7. The quantitative estimate of drug-likeness (QED) is 0.139. The van der Waals surface area contributed by atoms with E-state index in [-0.39, 0.29) is 42.0 Å². The van der Waals surface area contributed by atoms with E-state index in [4.69, 9.17) is 23.2 Å². The normalized spacial score (nSPS) is 29.1. The van der Waals surface area contributed by atoms with Crippen LogP contribution in [0, 0.1) is 23.6 Å². The highest BCUT2D eigenvalue weighted by molar-refractivity contribution is 6.58. The van der Waals surface area contributed by atoms with Crippen LogP contribution in [0.1, 0.15) is 29.9 Å². The van der Waals surface area contributed by atoms with Gasteiger partial charge in [0.05, 0.1) is 17.5 Å². The van der Waals surface area contributed by atoms with Crippen molar-refractivity contribution in [1.82, 2.24) is 4.90 Å². The van der Waals surface area contributed by atoms with Crippen molar-refractivity contribution in [3.63, 3.8) is 0 Å². The van der Waals surface area contributed by atoms with E-state index in [9.17, 15) is 47.0 Å². The summed E-state index contributed by atoms with van der Waals surface area (Å²) in [5.41, 5.74) is 0.564. The molecular weight excluding hydrogens is 707 g/mol. The SMILES string of the molecule is O=C1C2CC=C3C(CC4(Cl)C(=O)N(c5ccc(F)cc5)C(=O)C4(Cl)C3c3cc(OC(F)(F)F)ccc3O)C2C(=O)N1CCc1ccc(O)cc1. The van der Waals surface area contributed by atoms with Crippen molar-refractivity contribution in [2.75, 3.05) is 11.4 Å². The summed E-state index contributed by atoms with van der Waals surface area (Å²) in [5, 5.41) is 20.7. The molecular formula is C35H26Cl2F4N2O7. The minimum Gasteiger partial charge on any atom is -0.508 e. The third-order valence-electron chi connectivity index (χ3n) is 10.1. The van der Waals surface area contributed by atoms with Gasteiger partial charge in [-0.3, -0.25) is 24.1 Å². The van der Waals surface area contributed by atoms with Gasteiger partial charge in [0.15, 0.2) is 9.75 Å². The van der Waals surface area contributed by atoms with Gasteiger partial charge in [0.25, 0.3) is 11.8 Å². The third-order valence-corrected chi connectivity index (χ3v) is 11.5. The van der Waals surface area contributed by atoms with E-state index in [0.29, 0.717) is 4.90 Å². The molecule has 2 saturated heterocycles. The Bertz CT molecular complexity index is 1970. The number of anilines is 1. The Labute approximate surface area is 291 Å². The second kappa shape index (κ2) is 11.7. The van der Waals surface area contributed by atoms with Crippen molar-refractivity contribution in [2.45, 2.75) is 41.3 Å². The highest BCUT2D eigenvalue weighted by atomic mass is 35.5. The number of fused-ring (bicyclic) bond motifs is 4. The predicted molar refractivity (Wildman–Crippen MR) is 170 cm³/mol. The number of carbonyl (C=O) groups excluding carboxylic acids is 4. The number of rotatable bonds is 6. The summed E-state index contributed by atoms with van der Waals surface area (Å²) < 4.78 is 57.9. The number of ether oxygens (including phenoxy) is 1. The van der Waals surface area contributed by atoms with Gasteiger partial charge in [0.1, 0.15) is 23.1 Å². The lowest BCUT2D eigenvalue weighted by atomic mass is 9.56. The van der Waals surface area contributed by atoms with Crippen LogP contribution in [0.4, 0.5) is 23.2 Å². The molecule has 0 radical (unpaired) electrons. The summed E-state index contributed by atoms with van der Waals surface area (Å²) in [4.78, 5) is 53.5. The molecule has 4 aliphatic rings. The molecule has 6 atom stereocenters. The van der Waals surface area contributed by atoms with Crippen LogP contribution in [0.5, 0.6) is 17.2 Å². The number of alkyl halides is 5. The Kier molecular flexibility index (Phi) is 7.94. The summed E-state index contributed by atoms with van der Waals surface area (Å²) in [7, 11) is 0. The van der Waals surface area contributed by atoms with Crippen molar-refractivity contribution in [1.29, 1.82) is 0 Å². The number of phenolic OH excluding ortho intramolecular Hbond substituents is 2. The van der Waals surface area contributed by atoms with Crippen LogP contribution in [0.15, 0.2) is 78.4 Å². The molecule has 1 saturated carbocycles. The maximum Gasteiger partial charge on any atom is 0.573 e. The van der Waals surface area contributed by atoms with Crippen LogP contribution in [0.2, 0.25) is 0 Å². The van der Waals surface area contributed by atoms with E-state index in [1.165, 1.54) is 12.1 Å². The fraction of sp³-hybridized carbons (Fsp3) is 0.314. The first-order valence-electron chi connectivity index (χ1n) is 15.5. The zero-order valence-corrected chi connectivity index (χ0v) is 27.2. The van der Waals surface area contributed by atoms with Crippen molar-refractivity contribution >= 4 is 52.5 Å². The second-order valence-corrected chi connectivity index (χ2v) is 14.0. The molecule has 3 fully saturated rings. The summed E-state index contributed by atoms with van der Waals surface area (Å²) in [6.07, 6.45) is -3.73. The first kappa shape index (κ1) is 33.9. The fourth-order valence-corrected chi connectivity index (χ4v) is 8.82. The average Bonchev–Trinajstić information content (AvgIpc) is 3.39. The number of hydrogen-bond acceptors (Lipinski definition) is 7. The minimum atomic E-state index is -5.13. The van der Waals surface area contributed by atoms with Crippen LogP contribution < -0.4 is 9.64 Å². The lowest BCUT2D eigenvalue weighted by molar-refractivity contribution is -0.274. The van der Waals surface area contributed by atoms with E-state index in [1.54, 1.807) is 18.2 Å².